The third kappa shape index (κ3) is 4.35. The Kier molecular flexibility index (Phi) is 6.11. The van der Waals surface area contributed by atoms with Crippen LogP contribution in [0.15, 0.2) is 41.3 Å². The summed E-state index contributed by atoms with van der Waals surface area (Å²) < 4.78 is 28.4. The van der Waals surface area contributed by atoms with Gasteiger partial charge in [-0.2, -0.15) is 0 Å². The monoisotopic (exact) mass is 522 g/mol. The van der Waals surface area contributed by atoms with Gasteiger partial charge in [0.05, 0.1) is 17.6 Å². The van der Waals surface area contributed by atoms with E-state index in [1.165, 1.54) is 18.5 Å². The highest BCUT2D eigenvalue weighted by atomic mass is 35.5. The summed E-state index contributed by atoms with van der Waals surface area (Å²) in [5.74, 6) is 0.812. The number of halogens is 2. The predicted octanol–water partition coefficient (Wildman–Crippen LogP) is 4.32. The highest BCUT2D eigenvalue weighted by Gasteiger charge is 2.39. The average molecular weight is 523 g/mol. The molecule has 6 heterocycles. The van der Waals surface area contributed by atoms with E-state index in [1.807, 2.05) is 0 Å². The zero-order valence-electron chi connectivity index (χ0n) is 20.2. The maximum Gasteiger partial charge on any atom is 0.261 e. The number of aromatic nitrogens is 5. The number of fused-ring (bicyclic) bond motifs is 3. The molecule has 0 bridgehead atoms. The SMILES string of the molecule is Cc1cnc(C2c3c(nc4n3CCCC4)CCN2C(=O)COc2ccc(-c3ncco3)nc2Cl)c(F)c1. The average Bonchev–Trinajstić information content (AvgIpc) is 3.56. The Balaban J connectivity index is 1.29. The molecule has 1 atom stereocenters. The normalized spacial score (nSPS) is 16.8. The fraction of sp³-hybridized carbons (Fsp3) is 0.346. The van der Waals surface area contributed by atoms with Gasteiger partial charge in [0, 0.05) is 32.1 Å². The van der Waals surface area contributed by atoms with Gasteiger partial charge < -0.3 is 18.6 Å². The van der Waals surface area contributed by atoms with E-state index >= 15 is 4.39 Å². The second-order valence-electron chi connectivity index (χ2n) is 9.20. The van der Waals surface area contributed by atoms with E-state index in [1.54, 1.807) is 30.2 Å². The van der Waals surface area contributed by atoms with Gasteiger partial charge in [-0.3, -0.25) is 9.78 Å². The van der Waals surface area contributed by atoms with E-state index in [-0.39, 0.29) is 29.1 Å². The Hall–Kier alpha value is -3.79. The van der Waals surface area contributed by atoms with Gasteiger partial charge in [-0.15, -0.1) is 0 Å². The fourth-order valence-corrected chi connectivity index (χ4v) is 5.27. The molecular formula is C26H24ClFN6O3. The van der Waals surface area contributed by atoms with E-state index in [2.05, 4.69) is 19.5 Å². The highest BCUT2D eigenvalue weighted by molar-refractivity contribution is 6.31. The number of imidazole rings is 1. The highest BCUT2D eigenvalue weighted by Crippen LogP contribution is 2.38. The van der Waals surface area contributed by atoms with Crippen LogP contribution >= 0.6 is 11.6 Å². The van der Waals surface area contributed by atoms with Gasteiger partial charge in [0.15, 0.2) is 17.5 Å². The first-order chi connectivity index (χ1) is 18.0. The molecule has 190 valence electrons. The molecule has 2 aliphatic rings. The quantitative estimate of drug-likeness (QED) is 0.360. The number of hydrogen-bond acceptors (Lipinski definition) is 7. The van der Waals surface area contributed by atoms with Crippen molar-refractivity contribution in [3.63, 3.8) is 0 Å². The Morgan fingerprint density at radius 2 is 2.11 bits per heavy atom. The van der Waals surface area contributed by atoms with Crippen molar-refractivity contribution in [2.24, 2.45) is 0 Å². The number of nitrogens with zero attached hydrogens (tertiary/aromatic N) is 6. The van der Waals surface area contributed by atoms with Crippen LogP contribution in [0.1, 0.15) is 47.4 Å². The molecule has 0 saturated carbocycles. The number of pyridine rings is 2. The summed E-state index contributed by atoms with van der Waals surface area (Å²) in [7, 11) is 0. The van der Waals surface area contributed by atoms with Crippen molar-refractivity contribution in [3.8, 4) is 17.3 Å². The lowest BCUT2D eigenvalue weighted by Crippen LogP contribution is -2.44. The largest absolute Gasteiger partial charge is 0.481 e. The summed E-state index contributed by atoms with van der Waals surface area (Å²) in [6.45, 7) is 2.66. The number of ether oxygens (including phenoxy) is 1. The van der Waals surface area contributed by atoms with E-state index in [0.717, 1.165) is 43.0 Å². The molecule has 9 nitrogen and oxygen atoms in total. The van der Waals surface area contributed by atoms with Crippen LogP contribution in [0.2, 0.25) is 5.15 Å². The maximum absolute atomic E-state index is 15.3. The standard InChI is InChI=1S/C26H24ClFN6O3/c1-15-12-16(28)22(30-13-15)24-23-17(31-20-4-2-3-9-33(20)23)7-10-34(24)21(35)14-37-19-6-5-18(32-25(19)27)26-29-8-11-36-26/h5-6,8,11-13,24H,2-4,7,9-10,14H2,1H3. The number of carbonyl (C=O) groups is 1. The van der Waals surface area contributed by atoms with Gasteiger partial charge in [-0.05, 0) is 43.5 Å². The maximum atomic E-state index is 15.3. The molecular weight excluding hydrogens is 499 g/mol. The first-order valence-corrected chi connectivity index (χ1v) is 12.6. The molecule has 0 spiro atoms. The Morgan fingerprint density at radius 3 is 2.89 bits per heavy atom. The van der Waals surface area contributed by atoms with Crippen LogP contribution in [-0.4, -0.2) is 48.5 Å². The van der Waals surface area contributed by atoms with Crippen LogP contribution in [-0.2, 0) is 24.2 Å². The second-order valence-corrected chi connectivity index (χ2v) is 9.56. The molecule has 2 aliphatic heterocycles. The summed E-state index contributed by atoms with van der Waals surface area (Å²) in [5.41, 5.74) is 3.12. The lowest BCUT2D eigenvalue weighted by molar-refractivity contribution is -0.135. The fourth-order valence-electron chi connectivity index (χ4n) is 5.07. The number of aryl methyl sites for hydroxylation is 2. The molecule has 4 aromatic rings. The molecule has 37 heavy (non-hydrogen) atoms. The number of amides is 1. The summed E-state index contributed by atoms with van der Waals surface area (Å²) in [6.07, 6.45) is 8.11. The minimum absolute atomic E-state index is 0.0806. The second kappa shape index (κ2) is 9.59. The number of oxazole rings is 1. The first kappa shape index (κ1) is 23.6. The molecule has 0 radical (unpaired) electrons. The Bertz CT molecular complexity index is 1470. The summed E-state index contributed by atoms with van der Waals surface area (Å²) in [4.78, 5) is 32.7. The van der Waals surface area contributed by atoms with Crippen molar-refractivity contribution in [1.29, 1.82) is 0 Å². The van der Waals surface area contributed by atoms with Gasteiger partial charge >= 0.3 is 0 Å². The van der Waals surface area contributed by atoms with Crippen LogP contribution in [0, 0.1) is 12.7 Å². The summed E-state index contributed by atoms with van der Waals surface area (Å²) >= 11 is 6.31. The van der Waals surface area contributed by atoms with Crippen molar-refractivity contribution in [1.82, 2.24) is 29.4 Å². The van der Waals surface area contributed by atoms with Gasteiger partial charge in [0.25, 0.3) is 5.91 Å². The third-order valence-corrected chi connectivity index (χ3v) is 7.03. The van der Waals surface area contributed by atoms with Crippen molar-refractivity contribution >= 4 is 17.5 Å². The van der Waals surface area contributed by atoms with Gasteiger partial charge in [0.2, 0.25) is 5.89 Å². The van der Waals surface area contributed by atoms with Crippen molar-refractivity contribution in [2.75, 3.05) is 13.2 Å². The van der Waals surface area contributed by atoms with Crippen molar-refractivity contribution in [3.05, 3.63) is 76.3 Å². The Morgan fingerprint density at radius 1 is 1.22 bits per heavy atom. The minimum atomic E-state index is -0.694. The van der Waals surface area contributed by atoms with Crippen LogP contribution < -0.4 is 4.74 Å². The molecule has 0 aliphatic carbocycles. The summed E-state index contributed by atoms with van der Waals surface area (Å²) in [6, 6.07) is 4.02. The molecule has 11 heteroatoms. The van der Waals surface area contributed by atoms with Crippen LogP contribution in [0.25, 0.3) is 11.6 Å². The van der Waals surface area contributed by atoms with Crippen LogP contribution in [0.3, 0.4) is 0 Å². The van der Waals surface area contributed by atoms with Crippen molar-refractivity contribution < 1.29 is 18.3 Å². The lowest BCUT2D eigenvalue weighted by atomic mass is 9.97. The lowest BCUT2D eigenvalue weighted by Gasteiger charge is -2.36. The smallest absolute Gasteiger partial charge is 0.261 e. The first-order valence-electron chi connectivity index (χ1n) is 12.2. The van der Waals surface area contributed by atoms with E-state index in [0.29, 0.717) is 30.1 Å². The van der Waals surface area contributed by atoms with E-state index < -0.39 is 11.9 Å². The van der Waals surface area contributed by atoms with Gasteiger partial charge in [-0.25, -0.2) is 19.3 Å². The summed E-state index contributed by atoms with van der Waals surface area (Å²) in [5, 5.41) is 0.0806. The Labute approximate surface area is 217 Å². The van der Waals surface area contributed by atoms with Crippen molar-refractivity contribution in [2.45, 2.75) is 45.2 Å². The topological polar surface area (TPSA) is 99.2 Å². The zero-order chi connectivity index (χ0) is 25.5. The number of hydrogen-bond donors (Lipinski definition) is 0. The molecule has 0 fully saturated rings. The molecule has 1 amide bonds. The molecule has 1 unspecified atom stereocenters. The van der Waals surface area contributed by atoms with E-state index in [9.17, 15) is 4.79 Å². The molecule has 0 saturated heterocycles. The minimum Gasteiger partial charge on any atom is -0.481 e. The molecule has 6 rings (SSSR count). The predicted molar refractivity (Wildman–Crippen MR) is 132 cm³/mol. The molecule has 0 aromatic carbocycles. The van der Waals surface area contributed by atoms with E-state index in [4.69, 9.17) is 25.7 Å². The third-order valence-electron chi connectivity index (χ3n) is 6.76. The number of carbonyl (C=O) groups excluding carboxylic acids is 1. The van der Waals surface area contributed by atoms with Gasteiger partial charge in [-0.1, -0.05) is 11.6 Å². The van der Waals surface area contributed by atoms with Crippen LogP contribution in [0.5, 0.6) is 5.75 Å². The zero-order valence-corrected chi connectivity index (χ0v) is 20.9. The molecule has 0 N–H and O–H groups in total. The van der Waals surface area contributed by atoms with Crippen LogP contribution in [0.4, 0.5) is 4.39 Å². The van der Waals surface area contributed by atoms with Gasteiger partial charge in [0.1, 0.15) is 35.3 Å². The molecule has 4 aromatic heterocycles. The number of rotatable bonds is 5.